The fraction of sp³-hybridized carbons (Fsp3) is 0.111. The summed E-state index contributed by atoms with van der Waals surface area (Å²) < 4.78 is 26.9. The number of aromatic nitrogens is 4. The van der Waals surface area contributed by atoms with E-state index in [9.17, 15) is 23.7 Å². The van der Waals surface area contributed by atoms with Crippen molar-refractivity contribution in [3.05, 3.63) is 45.3 Å². The van der Waals surface area contributed by atoms with Crippen LogP contribution >= 0.6 is 0 Å². The quantitative estimate of drug-likeness (QED) is 0.614. The van der Waals surface area contributed by atoms with Crippen molar-refractivity contribution in [1.82, 2.24) is 25.9 Å². The van der Waals surface area contributed by atoms with Gasteiger partial charge in [0, 0.05) is 0 Å². The lowest BCUT2D eigenvalue weighted by Gasteiger charge is -2.04. The zero-order valence-electron chi connectivity index (χ0n) is 9.63. The van der Waals surface area contributed by atoms with Crippen LogP contribution in [0.1, 0.15) is 16.2 Å². The molecule has 1 heterocycles. The molecule has 0 atom stereocenters. The number of tetrazole rings is 1. The maximum atomic E-state index is 13.7. The maximum Gasteiger partial charge on any atom is 0.308 e. The minimum Gasteiger partial charge on any atom is -0.344 e. The number of rotatable bonds is 4. The molecule has 0 saturated carbocycles. The number of nitrogens with one attached hydrogen (secondary N) is 2. The van der Waals surface area contributed by atoms with E-state index in [2.05, 4.69) is 25.9 Å². The van der Waals surface area contributed by atoms with Gasteiger partial charge < -0.3 is 5.32 Å². The summed E-state index contributed by atoms with van der Waals surface area (Å²) in [6.45, 7) is -0.195. The van der Waals surface area contributed by atoms with Crippen molar-refractivity contribution in [1.29, 1.82) is 0 Å². The number of nitrogens with zero attached hydrogens (tertiary/aromatic N) is 4. The van der Waals surface area contributed by atoms with Gasteiger partial charge in [0.15, 0.2) is 5.82 Å². The molecular weight excluding hydrogens is 278 g/mol. The number of nitro benzene ring substituents is 1. The van der Waals surface area contributed by atoms with Gasteiger partial charge in [0.25, 0.3) is 5.91 Å². The number of carbonyl (C=O) groups is 1. The summed E-state index contributed by atoms with van der Waals surface area (Å²) in [4.78, 5) is 21.1. The normalized spacial score (nSPS) is 10.3. The van der Waals surface area contributed by atoms with Gasteiger partial charge in [-0.25, -0.2) is 4.39 Å². The molecule has 0 spiro atoms. The largest absolute Gasteiger partial charge is 0.344 e. The fourth-order valence-electron chi connectivity index (χ4n) is 1.38. The van der Waals surface area contributed by atoms with E-state index in [0.717, 1.165) is 0 Å². The number of aromatic amines is 1. The van der Waals surface area contributed by atoms with Gasteiger partial charge >= 0.3 is 5.69 Å². The summed E-state index contributed by atoms with van der Waals surface area (Å²) >= 11 is 0. The minimum absolute atomic E-state index is 0.115. The van der Waals surface area contributed by atoms with Crippen molar-refractivity contribution >= 4 is 11.6 Å². The van der Waals surface area contributed by atoms with Crippen LogP contribution in [-0.2, 0) is 6.54 Å². The molecule has 1 aromatic carbocycles. The molecule has 2 rings (SSSR count). The Kier molecular flexibility index (Phi) is 3.59. The zero-order chi connectivity index (χ0) is 14.7. The molecule has 0 fully saturated rings. The molecule has 1 aromatic heterocycles. The Balaban J connectivity index is 2.23. The highest BCUT2D eigenvalue weighted by Gasteiger charge is 2.24. The number of hydrogen-bond donors (Lipinski definition) is 2. The molecule has 0 unspecified atom stereocenters. The van der Waals surface area contributed by atoms with Crippen LogP contribution in [0.4, 0.5) is 14.5 Å². The molecule has 0 radical (unpaired) electrons. The first-order valence-electron chi connectivity index (χ1n) is 5.13. The van der Waals surface area contributed by atoms with Crippen LogP contribution in [0.25, 0.3) is 0 Å². The number of H-pyrrole nitrogens is 1. The third-order valence-corrected chi connectivity index (χ3v) is 2.26. The first kappa shape index (κ1) is 13.5. The summed E-state index contributed by atoms with van der Waals surface area (Å²) in [7, 11) is 0. The summed E-state index contributed by atoms with van der Waals surface area (Å²) in [6, 6.07) is 0.958. The van der Waals surface area contributed by atoms with Crippen molar-refractivity contribution in [2.24, 2.45) is 0 Å². The van der Waals surface area contributed by atoms with Gasteiger partial charge in [0.1, 0.15) is 5.82 Å². The Bertz CT molecular complexity index is 660. The summed E-state index contributed by atoms with van der Waals surface area (Å²) in [5, 5.41) is 25.1. The Morgan fingerprint density at radius 2 is 2.20 bits per heavy atom. The third-order valence-electron chi connectivity index (χ3n) is 2.26. The predicted octanol–water partition coefficient (Wildman–Crippen LogP) is 0.316. The standard InChI is InChI=1S/C9H6F2N6O3/c10-4-1-5(8(11)6(2-4)17(19)20)9(18)12-3-7-13-15-16-14-7/h1-2H,3H2,(H,12,18)(H,13,14,15,16). The molecule has 0 aliphatic carbocycles. The van der Waals surface area contributed by atoms with Crippen LogP contribution in [-0.4, -0.2) is 31.5 Å². The van der Waals surface area contributed by atoms with Crippen molar-refractivity contribution in [2.75, 3.05) is 0 Å². The molecule has 1 amide bonds. The highest BCUT2D eigenvalue weighted by atomic mass is 19.1. The van der Waals surface area contributed by atoms with Crippen molar-refractivity contribution in [2.45, 2.75) is 6.54 Å². The molecule has 0 saturated heterocycles. The van der Waals surface area contributed by atoms with Crippen LogP contribution in [0.15, 0.2) is 12.1 Å². The van der Waals surface area contributed by atoms with Gasteiger partial charge in [0.05, 0.1) is 23.1 Å². The van der Waals surface area contributed by atoms with Gasteiger partial charge in [-0.1, -0.05) is 5.21 Å². The highest BCUT2D eigenvalue weighted by Crippen LogP contribution is 2.22. The molecule has 2 N–H and O–H groups in total. The number of benzene rings is 1. The average molecular weight is 284 g/mol. The van der Waals surface area contributed by atoms with Crippen LogP contribution < -0.4 is 5.32 Å². The van der Waals surface area contributed by atoms with Gasteiger partial charge in [-0.05, 0) is 6.07 Å². The van der Waals surface area contributed by atoms with Crippen LogP contribution in [0.2, 0.25) is 0 Å². The van der Waals surface area contributed by atoms with E-state index in [4.69, 9.17) is 0 Å². The first-order valence-corrected chi connectivity index (χ1v) is 5.13. The molecule has 2 aromatic rings. The van der Waals surface area contributed by atoms with Crippen molar-refractivity contribution in [3.8, 4) is 0 Å². The SMILES string of the molecule is O=C(NCc1nn[nH]n1)c1cc(F)cc([N+](=O)[O-])c1F. The maximum absolute atomic E-state index is 13.7. The molecule has 0 aliphatic rings. The van der Waals surface area contributed by atoms with E-state index >= 15 is 0 Å². The van der Waals surface area contributed by atoms with E-state index in [0.29, 0.717) is 12.1 Å². The number of nitro groups is 1. The number of hydrogen-bond acceptors (Lipinski definition) is 6. The van der Waals surface area contributed by atoms with Crippen molar-refractivity contribution in [3.63, 3.8) is 0 Å². The molecular formula is C9H6F2N6O3. The van der Waals surface area contributed by atoms with Gasteiger partial charge in [-0.15, -0.1) is 10.2 Å². The number of halogens is 2. The lowest BCUT2D eigenvalue weighted by molar-refractivity contribution is -0.387. The Labute approximate surface area is 109 Å². The zero-order valence-corrected chi connectivity index (χ0v) is 9.63. The molecule has 20 heavy (non-hydrogen) atoms. The molecule has 0 bridgehead atoms. The van der Waals surface area contributed by atoms with E-state index in [1.807, 2.05) is 0 Å². The smallest absolute Gasteiger partial charge is 0.308 e. The predicted molar refractivity (Wildman–Crippen MR) is 58.4 cm³/mol. The Hall–Kier alpha value is -2.98. The third kappa shape index (κ3) is 2.71. The fourth-order valence-corrected chi connectivity index (χ4v) is 1.38. The highest BCUT2D eigenvalue weighted by molar-refractivity contribution is 5.95. The molecule has 11 heteroatoms. The Morgan fingerprint density at radius 3 is 2.80 bits per heavy atom. The number of amides is 1. The van der Waals surface area contributed by atoms with Crippen LogP contribution in [0.3, 0.4) is 0 Å². The number of carbonyl (C=O) groups excluding carboxylic acids is 1. The van der Waals surface area contributed by atoms with E-state index in [1.165, 1.54) is 0 Å². The summed E-state index contributed by atoms with van der Waals surface area (Å²) in [6.07, 6.45) is 0. The first-order chi connectivity index (χ1) is 9.49. The lowest BCUT2D eigenvalue weighted by Crippen LogP contribution is -2.25. The van der Waals surface area contributed by atoms with E-state index in [-0.39, 0.29) is 12.4 Å². The molecule has 104 valence electrons. The second-order valence-corrected chi connectivity index (χ2v) is 3.55. The second-order valence-electron chi connectivity index (χ2n) is 3.55. The Morgan fingerprint density at radius 1 is 1.45 bits per heavy atom. The van der Waals surface area contributed by atoms with Crippen LogP contribution in [0.5, 0.6) is 0 Å². The van der Waals surface area contributed by atoms with Crippen LogP contribution in [0, 0.1) is 21.7 Å². The van der Waals surface area contributed by atoms with Gasteiger partial charge in [0.2, 0.25) is 5.82 Å². The summed E-state index contributed by atoms with van der Waals surface area (Å²) in [5.41, 5.74) is -1.89. The monoisotopic (exact) mass is 284 g/mol. The topological polar surface area (TPSA) is 127 Å². The average Bonchev–Trinajstić information content (AvgIpc) is 2.91. The van der Waals surface area contributed by atoms with Crippen molar-refractivity contribution < 1.29 is 18.5 Å². The second kappa shape index (κ2) is 5.34. The lowest BCUT2D eigenvalue weighted by atomic mass is 10.1. The summed E-state index contributed by atoms with van der Waals surface area (Å²) in [5.74, 6) is -3.43. The minimum atomic E-state index is -1.41. The van der Waals surface area contributed by atoms with Gasteiger partial charge in [-0.2, -0.15) is 9.60 Å². The molecule has 0 aliphatic heterocycles. The van der Waals surface area contributed by atoms with Gasteiger partial charge in [-0.3, -0.25) is 14.9 Å². The van der Waals surface area contributed by atoms with E-state index < -0.39 is 33.7 Å². The molecule has 9 nitrogen and oxygen atoms in total. The van der Waals surface area contributed by atoms with E-state index in [1.54, 1.807) is 0 Å².